The van der Waals surface area contributed by atoms with E-state index in [0.29, 0.717) is 35.8 Å². The van der Waals surface area contributed by atoms with Gasteiger partial charge in [-0.1, -0.05) is 19.1 Å². The first kappa shape index (κ1) is 22.6. The van der Waals surface area contributed by atoms with Crippen LogP contribution in [0.3, 0.4) is 0 Å². The van der Waals surface area contributed by atoms with Gasteiger partial charge in [0.25, 0.3) is 0 Å². The number of rotatable bonds is 8. The molecule has 0 spiro atoms. The number of carbonyl (C=O) groups is 1. The largest absolute Gasteiger partial charge is 0.504 e. The third kappa shape index (κ3) is 4.50. The smallest absolute Gasteiger partial charge is 0.222 e. The van der Waals surface area contributed by atoms with Crippen molar-refractivity contribution >= 4 is 5.91 Å². The van der Waals surface area contributed by atoms with Crippen LogP contribution in [-0.2, 0) is 11.2 Å². The monoisotopic (exact) mass is 429 g/mol. The van der Waals surface area contributed by atoms with Crippen molar-refractivity contribution in [3.8, 4) is 28.7 Å². The van der Waals surface area contributed by atoms with Gasteiger partial charge in [-0.15, -0.1) is 0 Å². The summed E-state index contributed by atoms with van der Waals surface area (Å²) >= 11 is 0. The Balaban J connectivity index is 2.12. The van der Waals surface area contributed by atoms with Gasteiger partial charge in [0, 0.05) is 24.9 Å². The second kappa shape index (κ2) is 9.81. The normalized spacial score (nSPS) is 16.2. The summed E-state index contributed by atoms with van der Waals surface area (Å²) in [7, 11) is 3.12. The first-order valence-corrected chi connectivity index (χ1v) is 10.6. The molecule has 2 unspecified atom stereocenters. The van der Waals surface area contributed by atoms with Crippen LogP contribution in [0.2, 0.25) is 0 Å². The van der Waals surface area contributed by atoms with Gasteiger partial charge in [0.05, 0.1) is 14.2 Å². The Bertz CT molecular complexity index is 906. The number of methoxy groups -OCH3 is 2. The number of fused-ring (bicyclic) bond motifs is 1. The van der Waals surface area contributed by atoms with E-state index in [1.54, 1.807) is 31.3 Å². The summed E-state index contributed by atoms with van der Waals surface area (Å²) < 4.78 is 17.5. The van der Waals surface area contributed by atoms with Gasteiger partial charge in [-0.05, 0) is 49.4 Å². The molecule has 0 radical (unpaired) electrons. The van der Waals surface area contributed by atoms with E-state index in [1.807, 2.05) is 19.1 Å². The van der Waals surface area contributed by atoms with Crippen LogP contribution in [0.25, 0.3) is 0 Å². The van der Waals surface area contributed by atoms with Gasteiger partial charge in [0.2, 0.25) is 11.7 Å². The van der Waals surface area contributed by atoms with Gasteiger partial charge in [-0.3, -0.25) is 4.79 Å². The quantitative estimate of drug-likeness (QED) is 0.483. The van der Waals surface area contributed by atoms with Crippen LogP contribution >= 0.6 is 0 Å². The Morgan fingerprint density at radius 3 is 2.42 bits per heavy atom. The van der Waals surface area contributed by atoms with Crippen LogP contribution in [0.1, 0.15) is 50.2 Å². The molecule has 0 saturated heterocycles. The average molecular weight is 430 g/mol. The van der Waals surface area contributed by atoms with Crippen LogP contribution in [0.15, 0.2) is 30.3 Å². The van der Waals surface area contributed by atoms with Crippen molar-refractivity contribution in [2.45, 2.75) is 51.7 Å². The molecule has 31 heavy (non-hydrogen) atoms. The summed E-state index contributed by atoms with van der Waals surface area (Å²) in [6, 6.07) is 8.68. The summed E-state index contributed by atoms with van der Waals surface area (Å²) in [5.41, 5.74) is 1.58. The zero-order chi connectivity index (χ0) is 22.5. The van der Waals surface area contributed by atoms with E-state index in [2.05, 4.69) is 0 Å². The molecule has 2 aromatic rings. The molecule has 0 aromatic heterocycles. The fourth-order valence-corrected chi connectivity index (χ4v) is 4.32. The Morgan fingerprint density at radius 1 is 1.16 bits per heavy atom. The minimum absolute atomic E-state index is 0.0966. The van der Waals surface area contributed by atoms with E-state index in [-0.39, 0.29) is 23.3 Å². The van der Waals surface area contributed by atoms with E-state index in [1.165, 1.54) is 13.0 Å². The van der Waals surface area contributed by atoms with Crippen molar-refractivity contribution in [3.63, 3.8) is 0 Å². The SMILES string of the molecule is CCCN(C(C)=O)C(Oc1c(OC)cccc1OC)C1CCCc2c1ccc(O)c2O. The fraction of sp³-hybridized carbons (Fsp3) is 0.458. The van der Waals surface area contributed by atoms with E-state index in [4.69, 9.17) is 14.2 Å². The molecule has 7 nitrogen and oxygen atoms in total. The third-order valence-electron chi connectivity index (χ3n) is 5.78. The minimum Gasteiger partial charge on any atom is -0.504 e. The van der Waals surface area contributed by atoms with Gasteiger partial charge in [0.15, 0.2) is 29.2 Å². The van der Waals surface area contributed by atoms with Crippen molar-refractivity contribution < 1.29 is 29.2 Å². The minimum atomic E-state index is -0.634. The van der Waals surface area contributed by atoms with Crippen molar-refractivity contribution in [2.75, 3.05) is 20.8 Å². The topological polar surface area (TPSA) is 88.5 Å². The Morgan fingerprint density at radius 2 is 1.84 bits per heavy atom. The molecule has 3 rings (SSSR count). The Hall–Kier alpha value is -3.09. The van der Waals surface area contributed by atoms with E-state index in [9.17, 15) is 15.0 Å². The molecule has 0 fully saturated rings. The lowest BCUT2D eigenvalue weighted by molar-refractivity contribution is -0.139. The second-order valence-corrected chi connectivity index (χ2v) is 7.71. The van der Waals surface area contributed by atoms with Gasteiger partial charge >= 0.3 is 0 Å². The fourth-order valence-electron chi connectivity index (χ4n) is 4.32. The zero-order valence-corrected chi connectivity index (χ0v) is 18.6. The molecule has 2 atom stereocenters. The third-order valence-corrected chi connectivity index (χ3v) is 5.78. The highest BCUT2D eigenvalue weighted by Gasteiger charge is 2.37. The summed E-state index contributed by atoms with van der Waals surface area (Å²) in [6.45, 7) is 4.06. The molecule has 168 valence electrons. The summed E-state index contributed by atoms with van der Waals surface area (Å²) in [5.74, 6) is 0.912. The van der Waals surface area contributed by atoms with E-state index in [0.717, 1.165) is 24.8 Å². The molecule has 0 saturated carbocycles. The van der Waals surface area contributed by atoms with Crippen LogP contribution in [0.4, 0.5) is 0 Å². The summed E-state index contributed by atoms with van der Waals surface area (Å²) in [6.07, 6.45) is 2.36. The standard InChI is InChI=1S/C24H31NO6/c1-5-14-25(15(2)26)24(31-23-20(29-3)10-7-11-21(23)30-4)18-9-6-8-17-16(18)12-13-19(27)22(17)28/h7,10-13,18,24,27-28H,5-6,8-9,14H2,1-4H3. The summed E-state index contributed by atoms with van der Waals surface area (Å²) in [5, 5.41) is 20.4. The molecular weight excluding hydrogens is 398 g/mol. The number of aromatic hydroxyl groups is 2. The van der Waals surface area contributed by atoms with Crippen molar-refractivity contribution in [2.24, 2.45) is 0 Å². The van der Waals surface area contributed by atoms with E-state index < -0.39 is 6.23 Å². The predicted octanol–water partition coefficient (Wildman–Crippen LogP) is 4.20. The Labute approximate surface area is 183 Å². The first-order chi connectivity index (χ1) is 14.9. The molecule has 2 N–H and O–H groups in total. The molecule has 1 aliphatic rings. The van der Waals surface area contributed by atoms with Gasteiger partial charge in [0.1, 0.15) is 0 Å². The number of carbonyl (C=O) groups excluding carboxylic acids is 1. The Kier molecular flexibility index (Phi) is 7.15. The first-order valence-electron chi connectivity index (χ1n) is 10.6. The highest BCUT2D eigenvalue weighted by molar-refractivity contribution is 5.73. The number of phenolic OH excluding ortho intramolecular Hbond substituents is 2. The molecule has 0 aliphatic heterocycles. The number of phenols is 2. The molecular formula is C24H31NO6. The number of hydrogen-bond donors (Lipinski definition) is 2. The van der Waals surface area contributed by atoms with Gasteiger partial charge in [-0.2, -0.15) is 0 Å². The molecule has 1 amide bonds. The maximum absolute atomic E-state index is 12.6. The highest BCUT2D eigenvalue weighted by atomic mass is 16.6. The van der Waals surface area contributed by atoms with Crippen LogP contribution in [0.5, 0.6) is 28.7 Å². The zero-order valence-electron chi connectivity index (χ0n) is 18.6. The number of hydrogen-bond acceptors (Lipinski definition) is 6. The maximum Gasteiger partial charge on any atom is 0.222 e. The lowest BCUT2D eigenvalue weighted by Gasteiger charge is -2.39. The number of ether oxygens (including phenoxy) is 3. The highest BCUT2D eigenvalue weighted by Crippen LogP contribution is 2.45. The average Bonchev–Trinajstić information content (AvgIpc) is 2.78. The van der Waals surface area contributed by atoms with E-state index >= 15 is 0 Å². The van der Waals surface area contributed by atoms with Gasteiger partial charge in [-0.25, -0.2) is 0 Å². The molecule has 2 aromatic carbocycles. The van der Waals surface area contributed by atoms with Crippen molar-refractivity contribution in [1.29, 1.82) is 0 Å². The lowest BCUT2D eigenvalue weighted by atomic mass is 9.80. The van der Waals surface area contributed by atoms with Crippen LogP contribution in [0, 0.1) is 0 Å². The lowest BCUT2D eigenvalue weighted by Crippen LogP contribution is -2.47. The molecule has 7 heteroatoms. The van der Waals surface area contributed by atoms with Crippen molar-refractivity contribution in [1.82, 2.24) is 4.90 Å². The summed E-state index contributed by atoms with van der Waals surface area (Å²) in [4.78, 5) is 14.4. The molecule has 0 bridgehead atoms. The second-order valence-electron chi connectivity index (χ2n) is 7.71. The van der Waals surface area contributed by atoms with Crippen molar-refractivity contribution in [3.05, 3.63) is 41.5 Å². The predicted molar refractivity (Wildman–Crippen MR) is 117 cm³/mol. The number of amides is 1. The number of nitrogens with zero attached hydrogens (tertiary/aromatic N) is 1. The number of para-hydroxylation sites is 1. The van der Waals surface area contributed by atoms with Gasteiger partial charge < -0.3 is 29.3 Å². The number of benzene rings is 2. The van der Waals surface area contributed by atoms with Crippen LogP contribution < -0.4 is 14.2 Å². The maximum atomic E-state index is 12.6. The molecule has 1 aliphatic carbocycles. The molecule has 0 heterocycles. The van der Waals surface area contributed by atoms with Crippen LogP contribution in [-0.4, -0.2) is 48.0 Å².